The number of carbonyl (C=O) groups excluding carboxylic acids is 2. The van der Waals surface area contributed by atoms with E-state index in [1.54, 1.807) is 16.7 Å². The van der Waals surface area contributed by atoms with Crippen LogP contribution in [0.2, 0.25) is 0 Å². The third-order valence-electron chi connectivity index (χ3n) is 6.18. The predicted molar refractivity (Wildman–Crippen MR) is 134 cm³/mol. The molecule has 0 heterocycles. The Morgan fingerprint density at radius 1 is 1.03 bits per heavy atom. The van der Waals surface area contributed by atoms with Crippen LogP contribution in [0.5, 0.6) is 0 Å². The van der Waals surface area contributed by atoms with Gasteiger partial charge in [-0.1, -0.05) is 79.4 Å². The average molecular weight is 453 g/mol. The van der Waals surface area contributed by atoms with E-state index in [1.807, 2.05) is 25.1 Å². The van der Waals surface area contributed by atoms with Gasteiger partial charge in [0.1, 0.15) is 6.04 Å². The fourth-order valence-electron chi connectivity index (χ4n) is 4.28. The zero-order valence-corrected chi connectivity index (χ0v) is 20.2. The number of thioether (sulfide) groups is 1. The van der Waals surface area contributed by atoms with Crippen molar-refractivity contribution in [1.82, 2.24) is 10.2 Å². The maximum Gasteiger partial charge on any atom is 0.242 e. The van der Waals surface area contributed by atoms with Crippen LogP contribution in [0.3, 0.4) is 0 Å². The number of nitrogens with zero attached hydrogens (tertiary/aromatic N) is 1. The first kappa shape index (κ1) is 24.4. The van der Waals surface area contributed by atoms with Gasteiger partial charge >= 0.3 is 0 Å². The van der Waals surface area contributed by atoms with Crippen molar-refractivity contribution in [2.45, 2.75) is 70.2 Å². The zero-order chi connectivity index (χ0) is 22.8. The molecule has 0 aromatic heterocycles. The summed E-state index contributed by atoms with van der Waals surface area (Å²) in [7, 11) is 0. The van der Waals surface area contributed by atoms with Crippen molar-refractivity contribution < 1.29 is 9.59 Å². The molecule has 1 saturated carbocycles. The maximum absolute atomic E-state index is 13.2. The van der Waals surface area contributed by atoms with Gasteiger partial charge < -0.3 is 10.2 Å². The molecule has 1 fully saturated rings. The summed E-state index contributed by atoms with van der Waals surface area (Å²) in [6.07, 6.45) is 6.43. The third kappa shape index (κ3) is 7.70. The number of benzene rings is 2. The number of carbonyl (C=O) groups is 2. The highest BCUT2D eigenvalue weighted by Crippen LogP contribution is 2.19. The molecule has 2 amide bonds. The fourth-order valence-corrected chi connectivity index (χ4v) is 5.14. The molecule has 0 radical (unpaired) electrons. The predicted octanol–water partition coefficient (Wildman–Crippen LogP) is 5.14. The van der Waals surface area contributed by atoms with Gasteiger partial charge in [0.15, 0.2) is 0 Å². The van der Waals surface area contributed by atoms with Crippen LogP contribution in [0.25, 0.3) is 0 Å². The molecule has 2 aromatic rings. The van der Waals surface area contributed by atoms with Gasteiger partial charge in [-0.2, -0.15) is 0 Å². The molecule has 4 nitrogen and oxygen atoms in total. The standard InChI is InChI=1S/C27H36N2O2S/c1-21-10-9-13-24(18-21)19-32-20-26(30)29(17-16-23-11-5-3-6-12-23)22(2)27(31)28-25-14-7-4-8-15-25/h3,5-6,9-13,18,22,25H,4,7-8,14-17,19-20H2,1-2H3,(H,28,31). The minimum Gasteiger partial charge on any atom is -0.352 e. The second-order valence-electron chi connectivity index (χ2n) is 8.82. The van der Waals surface area contributed by atoms with E-state index in [-0.39, 0.29) is 17.9 Å². The smallest absolute Gasteiger partial charge is 0.242 e. The number of hydrogen-bond donors (Lipinski definition) is 1. The van der Waals surface area contributed by atoms with Crippen molar-refractivity contribution >= 4 is 23.6 Å². The topological polar surface area (TPSA) is 49.4 Å². The number of rotatable bonds is 10. The van der Waals surface area contributed by atoms with Crippen LogP contribution in [0.15, 0.2) is 54.6 Å². The highest BCUT2D eigenvalue weighted by molar-refractivity contribution is 7.99. The van der Waals surface area contributed by atoms with Gasteiger partial charge in [-0.25, -0.2) is 0 Å². The van der Waals surface area contributed by atoms with E-state index in [2.05, 4.69) is 48.6 Å². The van der Waals surface area contributed by atoms with Crippen molar-refractivity contribution in [1.29, 1.82) is 0 Å². The molecular formula is C27H36N2O2S. The van der Waals surface area contributed by atoms with Crippen molar-refractivity contribution in [3.05, 3.63) is 71.3 Å². The fraction of sp³-hybridized carbons (Fsp3) is 0.481. The number of hydrogen-bond acceptors (Lipinski definition) is 3. The monoisotopic (exact) mass is 452 g/mol. The lowest BCUT2D eigenvalue weighted by atomic mass is 9.95. The third-order valence-corrected chi connectivity index (χ3v) is 7.17. The molecule has 1 unspecified atom stereocenters. The zero-order valence-electron chi connectivity index (χ0n) is 19.4. The summed E-state index contributed by atoms with van der Waals surface area (Å²) in [5.41, 5.74) is 3.63. The molecule has 1 atom stereocenters. The van der Waals surface area contributed by atoms with Gasteiger partial charge in [0.2, 0.25) is 11.8 Å². The van der Waals surface area contributed by atoms with E-state index in [0.717, 1.165) is 25.0 Å². The molecule has 0 saturated heterocycles. The van der Waals surface area contributed by atoms with Crippen LogP contribution in [-0.4, -0.2) is 41.1 Å². The highest BCUT2D eigenvalue weighted by Gasteiger charge is 2.27. The van der Waals surface area contributed by atoms with Gasteiger partial charge in [0, 0.05) is 18.3 Å². The van der Waals surface area contributed by atoms with E-state index in [1.165, 1.54) is 36.0 Å². The largest absolute Gasteiger partial charge is 0.352 e. The molecule has 32 heavy (non-hydrogen) atoms. The van der Waals surface area contributed by atoms with E-state index in [4.69, 9.17) is 0 Å². The van der Waals surface area contributed by atoms with E-state index in [9.17, 15) is 9.59 Å². The summed E-state index contributed by atoms with van der Waals surface area (Å²) in [5.74, 6) is 1.18. The highest BCUT2D eigenvalue weighted by atomic mass is 32.2. The minimum absolute atomic E-state index is 0.0259. The van der Waals surface area contributed by atoms with Crippen LogP contribution < -0.4 is 5.32 Å². The van der Waals surface area contributed by atoms with Gasteiger partial charge in [0.05, 0.1) is 5.75 Å². The van der Waals surface area contributed by atoms with Gasteiger partial charge in [0.25, 0.3) is 0 Å². The van der Waals surface area contributed by atoms with Crippen molar-refractivity contribution in [3.8, 4) is 0 Å². The summed E-state index contributed by atoms with van der Waals surface area (Å²) in [4.78, 5) is 27.9. The first-order valence-electron chi connectivity index (χ1n) is 11.8. The molecule has 0 bridgehead atoms. The lowest BCUT2D eigenvalue weighted by Gasteiger charge is -2.31. The molecule has 1 aliphatic rings. The Balaban J connectivity index is 1.60. The van der Waals surface area contributed by atoms with Gasteiger partial charge in [-0.3, -0.25) is 9.59 Å². The molecular weight excluding hydrogens is 416 g/mol. The number of nitrogens with one attached hydrogen (secondary N) is 1. The number of aryl methyl sites for hydroxylation is 1. The van der Waals surface area contributed by atoms with Crippen LogP contribution in [0.4, 0.5) is 0 Å². The Kier molecular flexibility index (Phi) is 9.66. The summed E-state index contributed by atoms with van der Waals surface area (Å²) in [6, 6.07) is 18.3. The molecule has 0 spiro atoms. The first-order chi connectivity index (χ1) is 15.5. The van der Waals surface area contributed by atoms with Crippen LogP contribution in [0, 0.1) is 6.92 Å². The van der Waals surface area contributed by atoms with Gasteiger partial charge in [-0.05, 0) is 44.2 Å². The van der Waals surface area contributed by atoms with E-state index < -0.39 is 6.04 Å². The van der Waals surface area contributed by atoms with Crippen molar-refractivity contribution in [2.24, 2.45) is 0 Å². The van der Waals surface area contributed by atoms with Crippen LogP contribution >= 0.6 is 11.8 Å². The molecule has 1 aliphatic carbocycles. The lowest BCUT2D eigenvalue weighted by Crippen LogP contribution is -2.51. The summed E-state index contributed by atoms with van der Waals surface area (Å²) >= 11 is 1.62. The minimum atomic E-state index is -0.465. The Morgan fingerprint density at radius 2 is 1.75 bits per heavy atom. The Hall–Kier alpha value is -2.27. The summed E-state index contributed by atoms with van der Waals surface area (Å²) < 4.78 is 0. The quantitative estimate of drug-likeness (QED) is 0.543. The van der Waals surface area contributed by atoms with Crippen molar-refractivity contribution in [2.75, 3.05) is 12.3 Å². The molecule has 172 valence electrons. The van der Waals surface area contributed by atoms with Crippen molar-refractivity contribution in [3.63, 3.8) is 0 Å². The van der Waals surface area contributed by atoms with Gasteiger partial charge in [-0.15, -0.1) is 11.8 Å². The SMILES string of the molecule is Cc1cccc(CSCC(=O)N(CCc2ccccc2)C(C)C(=O)NC2CCCCC2)c1. The van der Waals surface area contributed by atoms with E-state index in [0.29, 0.717) is 12.3 Å². The first-order valence-corrected chi connectivity index (χ1v) is 13.0. The molecule has 5 heteroatoms. The van der Waals surface area contributed by atoms with Crippen LogP contribution in [-0.2, 0) is 21.8 Å². The van der Waals surface area contributed by atoms with Crippen LogP contribution in [0.1, 0.15) is 55.7 Å². The normalized spacial score (nSPS) is 15.2. The Morgan fingerprint density at radius 3 is 2.47 bits per heavy atom. The lowest BCUT2D eigenvalue weighted by molar-refractivity contribution is -0.138. The summed E-state index contributed by atoms with van der Waals surface area (Å²) in [6.45, 7) is 4.50. The Bertz CT molecular complexity index is 865. The second kappa shape index (κ2) is 12.7. The maximum atomic E-state index is 13.2. The second-order valence-corrected chi connectivity index (χ2v) is 9.81. The summed E-state index contributed by atoms with van der Waals surface area (Å²) in [5, 5.41) is 3.20. The molecule has 0 aliphatic heterocycles. The molecule has 3 rings (SSSR count). The average Bonchev–Trinajstić information content (AvgIpc) is 2.80. The number of amides is 2. The molecule has 1 N–H and O–H groups in total. The van der Waals surface area contributed by atoms with E-state index >= 15 is 0 Å². The molecule has 2 aromatic carbocycles. The Labute approximate surface area is 197 Å².